The summed E-state index contributed by atoms with van der Waals surface area (Å²) < 4.78 is 13.4. The van der Waals surface area contributed by atoms with Crippen LogP contribution in [0.4, 0.5) is 4.39 Å². The Hall–Kier alpha value is -1.63. The molecule has 1 atom stereocenters. The van der Waals surface area contributed by atoms with Gasteiger partial charge in [-0.3, -0.25) is 0 Å². The van der Waals surface area contributed by atoms with E-state index in [0.717, 1.165) is 11.1 Å². The molecule has 0 N–H and O–H groups in total. The highest BCUT2D eigenvalue weighted by Gasteiger charge is 2.06. The molecule has 0 aliphatic heterocycles. The number of hydrogen-bond donors (Lipinski definition) is 0. The zero-order valence-corrected chi connectivity index (χ0v) is 9.36. The van der Waals surface area contributed by atoms with Crippen molar-refractivity contribution in [1.82, 2.24) is 0 Å². The minimum absolute atomic E-state index is 0.532. The quantitative estimate of drug-likeness (QED) is 0.690. The maximum atomic E-state index is 13.4. The lowest BCUT2D eigenvalue weighted by molar-refractivity contribution is 0.334. The molecule has 0 spiro atoms. The molecule has 0 aliphatic rings. The van der Waals surface area contributed by atoms with Crippen molar-refractivity contribution in [2.24, 2.45) is 0 Å². The number of alkyl halides is 1. The molecule has 0 aromatic heterocycles. The molecule has 0 aliphatic carbocycles. The molecule has 0 saturated heterocycles. The Balaban J connectivity index is 2.26. The molecular formula is C15H15F. The lowest BCUT2D eigenvalue weighted by atomic mass is 10.0. The van der Waals surface area contributed by atoms with E-state index in [9.17, 15) is 4.39 Å². The summed E-state index contributed by atoms with van der Waals surface area (Å²) in [6.07, 6.45) is -0.310. The van der Waals surface area contributed by atoms with Crippen LogP contribution < -0.4 is 0 Å². The van der Waals surface area contributed by atoms with E-state index in [1.54, 1.807) is 0 Å². The van der Waals surface area contributed by atoms with Crippen molar-refractivity contribution >= 4 is 0 Å². The van der Waals surface area contributed by atoms with E-state index < -0.39 is 6.17 Å². The van der Waals surface area contributed by atoms with Crippen LogP contribution in [0.5, 0.6) is 0 Å². The Labute approximate surface area is 95.7 Å². The molecule has 2 rings (SSSR count). The van der Waals surface area contributed by atoms with E-state index >= 15 is 0 Å². The molecule has 0 nitrogen and oxygen atoms in total. The number of hydrogen-bond acceptors (Lipinski definition) is 0. The molecule has 0 amide bonds. The Morgan fingerprint density at radius 2 is 1.44 bits per heavy atom. The smallest absolute Gasteiger partial charge is 0.125 e. The third-order valence-electron chi connectivity index (χ3n) is 2.74. The zero-order valence-electron chi connectivity index (χ0n) is 9.36. The highest BCUT2D eigenvalue weighted by atomic mass is 19.1. The Bertz CT molecular complexity index is 431. The summed E-state index contributed by atoms with van der Waals surface area (Å²) in [4.78, 5) is 0. The van der Waals surface area contributed by atoms with E-state index in [0.29, 0.717) is 6.42 Å². The van der Waals surface area contributed by atoms with E-state index in [2.05, 4.69) is 12.1 Å². The molecule has 0 heterocycles. The fraction of sp³-hybridized carbons (Fsp3) is 0.200. The average Bonchev–Trinajstić information content (AvgIpc) is 2.39. The summed E-state index contributed by atoms with van der Waals surface area (Å²) in [5.41, 5.74) is 3.07. The van der Waals surface area contributed by atoms with Crippen molar-refractivity contribution < 1.29 is 4.39 Å². The van der Waals surface area contributed by atoms with Gasteiger partial charge in [0.15, 0.2) is 0 Å². The first-order chi connectivity index (χ1) is 7.81. The maximum Gasteiger partial charge on any atom is 0.125 e. The van der Waals surface area contributed by atoms with Crippen molar-refractivity contribution in [2.45, 2.75) is 19.5 Å². The number of rotatable bonds is 3. The van der Waals surface area contributed by atoms with E-state index in [-0.39, 0.29) is 0 Å². The first-order valence-electron chi connectivity index (χ1n) is 5.60. The summed E-state index contributed by atoms with van der Waals surface area (Å²) in [6, 6.07) is 17.8. The summed E-state index contributed by atoms with van der Waals surface area (Å²) in [7, 11) is 0. The maximum absolute atomic E-state index is 13.4. The van der Waals surface area contributed by atoms with Crippen molar-refractivity contribution in [3.63, 3.8) is 0 Å². The highest BCUT2D eigenvalue weighted by Crippen LogP contribution is 2.24. The lowest BCUT2D eigenvalue weighted by Gasteiger charge is -2.07. The van der Waals surface area contributed by atoms with Crippen LogP contribution in [0.25, 0.3) is 11.1 Å². The van der Waals surface area contributed by atoms with E-state index in [4.69, 9.17) is 0 Å². The largest absolute Gasteiger partial charge is 0.242 e. The Kier molecular flexibility index (Phi) is 3.35. The molecule has 0 saturated carbocycles. The van der Waals surface area contributed by atoms with Gasteiger partial charge >= 0.3 is 0 Å². The highest BCUT2D eigenvalue weighted by molar-refractivity contribution is 5.63. The molecule has 16 heavy (non-hydrogen) atoms. The second-order valence-corrected chi connectivity index (χ2v) is 3.86. The second kappa shape index (κ2) is 4.93. The van der Waals surface area contributed by atoms with Gasteiger partial charge in [-0.05, 0) is 23.1 Å². The lowest BCUT2D eigenvalue weighted by Crippen LogP contribution is -1.88. The Morgan fingerprint density at radius 1 is 0.875 bits per heavy atom. The normalized spacial score (nSPS) is 12.4. The van der Waals surface area contributed by atoms with Gasteiger partial charge in [-0.25, -0.2) is 4.39 Å². The average molecular weight is 214 g/mol. The standard InChI is InChI=1S/C15H15F/c1-2-15(16)14-10-8-13(9-11-14)12-6-4-3-5-7-12/h3-11,15H,2H2,1H3. The third kappa shape index (κ3) is 2.30. The minimum atomic E-state index is -0.843. The first kappa shape index (κ1) is 10.9. The van der Waals surface area contributed by atoms with E-state index in [1.165, 1.54) is 5.56 Å². The minimum Gasteiger partial charge on any atom is -0.242 e. The fourth-order valence-corrected chi connectivity index (χ4v) is 1.75. The molecule has 1 heteroatoms. The van der Waals surface area contributed by atoms with Crippen LogP contribution in [0.15, 0.2) is 54.6 Å². The summed E-state index contributed by atoms with van der Waals surface area (Å²) >= 11 is 0. The van der Waals surface area contributed by atoms with Crippen LogP contribution in [0.3, 0.4) is 0 Å². The SMILES string of the molecule is CCC(F)c1ccc(-c2ccccc2)cc1. The van der Waals surface area contributed by atoms with Crippen LogP contribution in [0.2, 0.25) is 0 Å². The molecule has 0 bridgehead atoms. The van der Waals surface area contributed by atoms with Gasteiger partial charge in [-0.2, -0.15) is 0 Å². The molecule has 0 fully saturated rings. The van der Waals surface area contributed by atoms with Gasteiger partial charge in [0.05, 0.1) is 0 Å². The summed E-state index contributed by atoms with van der Waals surface area (Å²) in [5.74, 6) is 0. The fourth-order valence-electron chi connectivity index (χ4n) is 1.75. The van der Waals surface area contributed by atoms with Crippen LogP contribution in [0, 0.1) is 0 Å². The van der Waals surface area contributed by atoms with E-state index in [1.807, 2.05) is 49.4 Å². The molecular weight excluding hydrogens is 199 g/mol. The third-order valence-corrected chi connectivity index (χ3v) is 2.74. The molecule has 0 radical (unpaired) electrons. The van der Waals surface area contributed by atoms with Crippen molar-refractivity contribution in [3.8, 4) is 11.1 Å². The molecule has 82 valence electrons. The van der Waals surface area contributed by atoms with Gasteiger partial charge in [0.2, 0.25) is 0 Å². The molecule has 2 aromatic carbocycles. The van der Waals surface area contributed by atoms with Crippen LogP contribution in [-0.2, 0) is 0 Å². The monoisotopic (exact) mass is 214 g/mol. The second-order valence-electron chi connectivity index (χ2n) is 3.86. The molecule has 2 aromatic rings. The summed E-state index contributed by atoms with van der Waals surface area (Å²) in [5, 5.41) is 0. The first-order valence-corrected chi connectivity index (χ1v) is 5.60. The van der Waals surface area contributed by atoms with Crippen molar-refractivity contribution in [3.05, 3.63) is 60.2 Å². The summed E-state index contributed by atoms with van der Waals surface area (Å²) in [6.45, 7) is 1.86. The predicted molar refractivity (Wildman–Crippen MR) is 66.0 cm³/mol. The van der Waals surface area contributed by atoms with Gasteiger partial charge in [0, 0.05) is 0 Å². The van der Waals surface area contributed by atoms with Gasteiger partial charge < -0.3 is 0 Å². The van der Waals surface area contributed by atoms with Gasteiger partial charge in [0.1, 0.15) is 6.17 Å². The number of benzene rings is 2. The topological polar surface area (TPSA) is 0 Å². The Morgan fingerprint density at radius 3 is 2.00 bits per heavy atom. The number of halogens is 1. The van der Waals surface area contributed by atoms with Crippen LogP contribution >= 0.6 is 0 Å². The van der Waals surface area contributed by atoms with Crippen LogP contribution in [-0.4, -0.2) is 0 Å². The predicted octanol–water partition coefficient (Wildman–Crippen LogP) is 4.77. The van der Waals surface area contributed by atoms with Gasteiger partial charge in [0.25, 0.3) is 0 Å². The van der Waals surface area contributed by atoms with Crippen molar-refractivity contribution in [1.29, 1.82) is 0 Å². The van der Waals surface area contributed by atoms with Crippen LogP contribution in [0.1, 0.15) is 25.1 Å². The van der Waals surface area contributed by atoms with Crippen molar-refractivity contribution in [2.75, 3.05) is 0 Å². The molecule has 1 unspecified atom stereocenters. The zero-order chi connectivity index (χ0) is 11.4. The van der Waals surface area contributed by atoms with Gasteiger partial charge in [-0.15, -0.1) is 0 Å². The van der Waals surface area contributed by atoms with Gasteiger partial charge in [-0.1, -0.05) is 61.5 Å².